The van der Waals surface area contributed by atoms with E-state index in [0.29, 0.717) is 27.9 Å². The number of nitrogens with two attached hydrogens (primary N) is 1. The van der Waals surface area contributed by atoms with Crippen LogP contribution >= 0.6 is 11.6 Å². The first-order valence-corrected chi connectivity index (χ1v) is 10.3. The summed E-state index contributed by atoms with van der Waals surface area (Å²) in [6.45, 7) is 0. The number of hydrogen-bond acceptors (Lipinski definition) is 4. The lowest BCUT2D eigenvalue weighted by molar-refractivity contribution is 0.583. The van der Waals surface area contributed by atoms with Gasteiger partial charge in [-0.1, -0.05) is 54.1 Å². The molecule has 0 aliphatic heterocycles. The summed E-state index contributed by atoms with van der Waals surface area (Å²) < 4.78 is 30.2. The number of sulfonamides is 1. The maximum Gasteiger partial charge on any atom is 0.238 e. The highest BCUT2D eigenvalue weighted by molar-refractivity contribution is 7.89. The average molecular weight is 411 g/mol. The Morgan fingerprint density at radius 3 is 2.14 bits per heavy atom. The van der Waals surface area contributed by atoms with Gasteiger partial charge in [-0.2, -0.15) is 0 Å². The SMILES string of the molecule is NS(=O)(=O)c1ccccc1-c1oc(-c2ccccc2)nc1-c1ccc(Cl)cc1. The molecule has 28 heavy (non-hydrogen) atoms. The van der Waals surface area contributed by atoms with Gasteiger partial charge in [0.05, 0.1) is 4.90 Å². The van der Waals surface area contributed by atoms with E-state index in [0.717, 1.165) is 11.1 Å². The molecule has 0 aliphatic rings. The molecule has 0 spiro atoms. The highest BCUT2D eigenvalue weighted by Gasteiger charge is 2.23. The molecule has 0 aliphatic carbocycles. The molecule has 2 N–H and O–H groups in total. The van der Waals surface area contributed by atoms with E-state index in [1.165, 1.54) is 6.07 Å². The molecule has 5 nitrogen and oxygen atoms in total. The van der Waals surface area contributed by atoms with Gasteiger partial charge in [0.1, 0.15) is 5.69 Å². The van der Waals surface area contributed by atoms with Crippen LogP contribution in [0.1, 0.15) is 0 Å². The van der Waals surface area contributed by atoms with E-state index in [1.54, 1.807) is 42.5 Å². The fourth-order valence-electron chi connectivity index (χ4n) is 2.91. The fraction of sp³-hybridized carbons (Fsp3) is 0. The summed E-state index contributed by atoms with van der Waals surface area (Å²) >= 11 is 6.00. The average Bonchev–Trinajstić information content (AvgIpc) is 3.14. The lowest BCUT2D eigenvalue weighted by Gasteiger charge is -2.07. The number of aromatic nitrogens is 1. The molecular weight excluding hydrogens is 396 g/mol. The van der Waals surface area contributed by atoms with E-state index >= 15 is 0 Å². The number of hydrogen-bond donors (Lipinski definition) is 1. The zero-order valence-corrected chi connectivity index (χ0v) is 16.1. The predicted molar refractivity (Wildman–Crippen MR) is 109 cm³/mol. The van der Waals surface area contributed by atoms with Crippen molar-refractivity contribution in [3.8, 4) is 34.0 Å². The fourth-order valence-corrected chi connectivity index (χ4v) is 3.77. The summed E-state index contributed by atoms with van der Waals surface area (Å²) in [4.78, 5) is 4.61. The highest BCUT2D eigenvalue weighted by atomic mass is 35.5. The molecule has 1 aromatic heterocycles. The van der Waals surface area contributed by atoms with Crippen LogP contribution in [0.15, 0.2) is 88.2 Å². The zero-order chi connectivity index (χ0) is 19.7. The maximum atomic E-state index is 12.1. The van der Waals surface area contributed by atoms with Gasteiger partial charge in [-0.3, -0.25) is 0 Å². The van der Waals surface area contributed by atoms with Crippen molar-refractivity contribution in [1.29, 1.82) is 0 Å². The summed E-state index contributed by atoms with van der Waals surface area (Å²) in [7, 11) is -3.95. The zero-order valence-electron chi connectivity index (χ0n) is 14.5. The molecule has 4 aromatic rings. The molecule has 3 aromatic carbocycles. The normalized spacial score (nSPS) is 11.5. The molecule has 0 saturated carbocycles. The van der Waals surface area contributed by atoms with Crippen molar-refractivity contribution < 1.29 is 12.8 Å². The van der Waals surface area contributed by atoms with Crippen LogP contribution in [0.25, 0.3) is 34.0 Å². The molecule has 0 amide bonds. The Labute approximate surface area is 167 Å². The van der Waals surface area contributed by atoms with Crippen molar-refractivity contribution in [2.75, 3.05) is 0 Å². The molecule has 140 valence electrons. The summed E-state index contributed by atoms with van der Waals surface area (Å²) in [5, 5.41) is 6.00. The van der Waals surface area contributed by atoms with Crippen LogP contribution in [-0.4, -0.2) is 13.4 Å². The third kappa shape index (κ3) is 3.57. The predicted octanol–water partition coefficient (Wildman–Crippen LogP) is 4.98. The van der Waals surface area contributed by atoms with Crippen LogP contribution in [0.5, 0.6) is 0 Å². The van der Waals surface area contributed by atoms with Gasteiger partial charge in [0.25, 0.3) is 0 Å². The molecule has 0 unspecified atom stereocenters. The van der Waals surface area contributed by atoms with Crippen molar-refractivity contribution in [2.45, 2.75) is 4.90 Å². The van der Waals surface area contributed by atoms with Gasteiger partial charge in [0.15, 0.2) is 5.76 Å². The van der Waals surface area contributed by atoms with Crippen LogP contribution in [0.2, 0.25) is 5.02 Å². The Hall–Kier alpha value is -2.93. The second-order valence-corrected chi connectivity index (χ2v) is 8.08. The highest BCUT2D eigenvalue weighted by Crippen LogP contribution is 2.38. The minimum atomic E-state index is -3.95. The quantitative estimate of drug-likeness (QED) is 0.514. The van der Waals surface area contributed by atoms with Gasteiger partial charge in [0, 0.05) is 21.7 Å². The number of nitrogens with zero attached hydrogens (tertiary/aromatic N) is 1. The Morgan fingerprint density at radius 2 is 1.46 bits per heavy atom. The standard InChI is InChI=1S/C21H15ClN2O3S/c22-16-12-10-14(11-13-16)19-20(17-8-4-5-9-18(17)28(23,25)26)27-21(24-19)15-6-2-1-3-7-15/h1-13H,(H2,23,25,26). The Bertz CT molecular complexity index is 1230. The number of primary sulfonamides is 1. The molecule has 0 fully saturated rings. The van der Waals surface area contributed by atoms with Crippen molar-refractivity contribution in [1.82, 2.24) is 4.98 Å². The minimum absolute atomic E-state index is 0.0269. The molecule has 1 heterocycles. The first-order chi connectivity index (χ1) is 13.4. The van der Waals surface area contributed by atoms with Gasteiger partial charge >= 0.3 is 0 Å². The monoisotopic (exact) mass is 410 g/mol. The van der Waals surface area contributed by atoms with E-state index in [9.17, 15) is 8.42 Å². The molecule has 0 radical (unpaired) electrons. The van der Waals surface area contributed by atoms with Crippen LogP contribution in [0.3, 0.4) is 0 Å². The van der Waals surface area contributed by atoms with Crippen LogP contribution in [-0.2, 0) is 10.0 Å². The van der Waals surface area contributed by atoms with E-state index in [1.807, 2.05) is 30.3 Å². The number of benzene rings is 3. The van der Waals surface area contributed by atoms with Gasteiger partial charge in [0.2, 0.25) is 15.9 Å². The van der Waals surface area contributed by atoms with Crippen LogP contribution in [0, 0.1) is 0 Å². The molecule has 0 saturated heterocycles. The number of rotatable bonds is 4. The van der Waals surface area contributed by atoms with E-state index < -0.39 is 10.0 Å². The van der Waals surface area contributed by atoms with Gasteiger partial charge in [-0.15, -0.1) is 0 Å². The summed E-state index contributed by atoms with van der Waals surface area (Å²) in [5.74, 6) is 0.704. The van der Waals surface area contributed by atoms with Gasteiger partial charge in [-0.05, 0) is 36.4 Å². The molecular formula is C21H15ClN2O3S. The summed E-state index contributed by atoms with van der Waals surface area (Å²) in [6, 6.07) is 22.9. The van der Waals surface area contributed by atoms with Gasteiger partial charge in [-0.25, -0.2) is 18.5 Å². The van der Waals surface area contributed by atoms with Crippen LogP contribution in [0.4, 0.5) is 0 Å². The van der Waals surface area contributed by atoms with E-state index in [2.05, 4.69) is 4.98 Å². The first-order valence-electron chi connectivity index (χ1n) is 8.38. The molecule has 0 bridgehead atoms. The Kier molecular flexibility index (Phi) is 4.77. The Morgan fingerprint density at radius 1 is 0.821 bits per heavy atom. The molecule has 7 heteroatoms. The smallest absolute Gasteiger partial charge is 0.238 e. The molecule has 4 rings (SSSR count). The largest absolute Gasteiger partial charge is 0.435 e. The maximum absolute atomic E-state index is 12.1. The summed E-state index contributed by atoms with van der Waals surface area (Å²) in [5.41, 5.74) is 2.38. The van der Waals surface area contributed by atoms with E-state index in [-0.39, 0.29) is 4.90 Å². The number of halogens is 1. The topological polar surface area (TPSA) is 86.2 Å². The lowest BCUT2D eigenvalue weighted by atomic mass is 10.1. The second-order valence-electron chi connectivity index (χ2n) is 6.11. The summed E-state index contributed by atoms with van der Waals surface area (Å²) in [6.07, 6.45) is 0. The van der Waals surface area contributed by atoms with Crippen LogP contribution < -0.4 is 5.14 Å². The third-order valence-electron chi connectivity index (χ3n) is 4.20. The Balaban J connectivity index is 1.99. The van der Waals surface area contributed by atoms with Crippen molar-refractivity contribution >= 4 is 21.6 Å². The minimum Gasteiger partial charge on any atom is -0.435 e. The lowest BCUT2D eigenvalue weighted by Crippen LogP contribution is -2.13. The van der Waals surface area contributed by atoms with Crippen molar-refractivity contribution in [3.63, 3.8) is 0 Å². The van der Waals surface area contributed by atoms with Gasteiger partial charge < -0.3 is 4.42 Å². The number of oxazole rings is 1. The van der Waals surface area contributed by atoms with E-state index in [4.69, 9.17) is 21.2 Å². The first kappa shape index (κ1) is 18.4. The third-order valence-corrected chi connectivity index (χ3v) is 5.42. The molecule has 0 atom stereocenters. The van der Waals surface area contributed by atoms with Crippen molar-refractivity contribution in [3.05, 3.63) is 83.9 Å². The van der Waals surface area contributed by atoms with Crippen molar-refractivity contribution in [2.24, 2.45) is 5.14 Å². The second kappa shape index (κ2) is 7.24.